The van der Waals surface area contributed by atoms with Crippen LogP contribution in [-0.4, -0.2) is 15.0 Å². The summed E-state index contributed by atoms with van der Waals surface area (Å²) < 4.78 is 1.71. The fourth-order valence-corrected chi connectivity index (χ4v) is 1.94. The SMILES string of the molecule is Cn1nncc1C(N)c1ccc(C(C)(C)C)cc1. The first-order chi connectivity index (χ1) is 8.39. The number of aromatic nitrogens is 3. The highest BCUT2D eigenvalue weighted by Gasteiger charge is 2.16. The minimum Gasteiger partial charge on any atom is -0.319 e. The average molecular weight is 244 g/mol. The third kappa shape index (κ3) is 2.43. The molecule has 0 fully saturated rings. The van der Waals surface area contributed by atoms with Crippen LogP contribution in [0.3, 0.4) is 0 Å². The molecule has 1 unspecified atom stereocenters. The zero-order valence-corrected chi connectivity index (χ0v) is 11.4. The van der Waals surface area contributed by atoms with Gasteiger partial charge in [0.25, 0.3) is 0 Å². The standard InChI is InChI=1S/C14H20N4/c1-14(2,3)11-7-5-10(6-8-11)13(15)12-9-16-17-18(12)4/h5-9,13H,15H2,1-4H3. The molecule has 0 aliphatic rings. The van der Waals surface area contributed by atoms with Gasteiger partial charge in [-0.05, 0) is 16.5 Å². The van der Waals surface area contributed by atoms with Gasteiger partial charge in [0.05, 0.1) is 17.9 Å². The lowest BCUT2D eigenvalue weighted by Crippen LogP contribution is -2.17. The molecule has 2 aromatic rings. The van der Waals surface area contributed by atoms with Crippen LogP contribution >= 0.6 is 0 Å². The number of nitrogens with zero attached hydrogens (tertiary/aromatic N) is 3. The van der Waals surface area contributed by atoms with Crippen LogP contribution in [0, 0.1) is 0 Å². The summed E-state index contributed by atoms with van der Waals surface area (Å²) in [5.41, 5.74) is 9.68. The van der Waals surface area contributed by atoms with Crippen molar-refractivity contribution in [3.8, 4) is 0 Å². The van der Waals surface area contributed by atoms with Crippen LogP contribution in [0.5, 0.6) is 0 Å². The van der Waals surface area contributed by atoms with Crippen LogP contribution in [0.4, 0.5) is 0 Å². The van der Waals surface area contributed by atoms with Crippen molar-refractivity contribution in [2.75, 3.05) is 0 Å². The Kier molecular flexibility index (Phi) is 3.22. The van der Waals surface area contributed by atoms with Gasteiger partial charge in [0.2, 0.25) is 0 Å². The van der Waals surface area contributed by atoms with E-state index in [-0.39, 0.29) is 11.5 Å². The predicted octanol–water partition coefficient (Wildman–Crippen LogP) is 2.16. The minimum absolute atomic E-state index is 0.163. The van der Waals surface area contributed by atoms with Gasteiger partial charge in [0.15, 0.2) is 0 Å². The Morgan fingerprint density at radius 2 is 1.78 bits per heavy atom. The normalized spacial score (nSPS) is 13.6. The Bertz CT molecular complexity index is 519. The molecule has 0 saturated heterocycles. The summed E-state index contributed by atoms with van der Waals surface area (Å²) in [7, 11) is 1.85. The molecular formula is C14H20N4. The number of hydrogen-bond donors (Lipinski definition) is 1. The van der Waals surface area contributed by atoms with Crippen molar-refractivity contribution < 1.29 is 0 Å². The molecule has 4 heteroatoms. The Morgan fingerprint density at radius 3 is 2.22 bits per heavy atom. The van der Waals surface area contributed by atoms with E-state index in [2.05, 4.69) is 55.3 Å². The fourth-order valence-electron chi connectivity index (χ4n) is 1.94. The van der Waals surface area contributed by atoms with Crippen molar-refractivity contribution >= 4 is 0 Å². The smallest absolute Gasteiger partial charge is 0.0796 e. The molecule has 0 saturated carbocycles. The van der Waals surface area contributed by atoms with Crippen molar-refractivity contribution in [1.82, 2.24) is 15.0 Å². The van der Waals surface area contributed by atoms with E-state index < -0.39 is 0 Å². The highest BCUT2D eigenvalue weighted by Crippen LogP contribution is 2.25. The minimum atomic E-state index is -0.181. The highest BCUT2D eigenvalue weighted by atomic mass is 15.4. The Hall–Kier alpha value is -1.68. The van der Waals surface area contributed by atoms with Crippen LogP contribution in [0.2, 0.25) is 0 Å². The zero-order chi connectivity index (χ0) is 13.3. The second-order valence-electron chi connectivity index (χ2n) is 5.63. The molecular weight excluding hydrogens is 224 g/mol. The first-order valence-electron chi connectivity index (χ1n) is 6.10. The molecule has 0 spiro atoms. The monoisotopic (exact) mass is 244 g/mol. The third-order valence-corrected chi connectivity index (χ3v) is 3.20. The summed E-state index contributed by atoms with van der Waals surface area (Å²) in [5, 5.41) is 7.76. The van der Waals surface area contributed by atoms with Crippen molar-refractivity contribution in [3.05, 3.63) is 47.3 Å². The van der Waals surface area contributed by atoms with Gasteiger partial charge < -0.3 is 5.73 Å². The number of aryl methyl sites for hydroxylation is 1. The summed E-state index contributed by atoms with van der Waals surface area (Å²) in [6.45, 7) is 6.60. The molecule has 0 aliphatic carbocycles. The van der Waals surface area contributed by atoms with Crippen LogP contribution in [0.1, 0.15) is 43.6 Å². The first kappa shape index (κ1) is 12.8. The largest absolute Gasteiger partial charge is 0.319 e. The Labute approximate surface area is 108 Å². The lowest BCUT2D eigenvalue weighted by Gasteiger charge is -2.20. The van der Waals surface area contributed by atoms with E-state index in [0.29, 0.717) is 0 Å². The van der Waals surface area contributed by atoms with Crippen LogP contribution < -0.4 is 5.73 Å². The first-order valence-corrected chi connectivity index (χ1v) is 6.10. The van der Waals surface area contributed by atoms with E-state index in [9.17, 15) is 0 Å². The lowest BCUT2D eigenvalue weighted by atomic mass is 9.86. The molecule has 18 heavy (non-hydrogen) atoms. The van der Waals surface area contributed by atoms with E-state index in [1.54, 1.807) is 10.9 Å². The van der Waals surface area contributed by atoms with Gasteiger partial charge in [-0.15, -0.1) is 5.10 Å². The molecule has 0 aliphatic heterocycles. The van der Waals surface area contributed by atoms with E-state index in [4.69, 9.17) is 5.73 Å². The van der Waals surface area contributed by atoms with Gasteiger partial charge >= 0.3 is 0 Å². The van der Waals surface area contributed by atoms with E-state index in [1.165, 1.54) is 5.56 Å². The maximum absolute atomic E-state index is 6.22. The summed E-state index contributed by atoms with van der Waals surface area (Å²) in [5.74, 6) is 0. The summed E-state index contributed by atoms with van der Waals surface area (Å²) in [4.78, 5) is 0. The number of benzene rings is 1. The van der Waals surface area contributed by atoms with Crippen molar-refractivity contribution in [2.45, 2.75) is 32.2 Å². The second kappa shape index (κ2) is 4.53. The van der Waals surface area contributed by atoms with Gasteiger partial charge in [-0.1, -0.05) is 50.3 Å². The number of hydrogen-bond acceptors (Lipinski definition) is 3. The Balaban J connectivity index is 2.28. The van der Waals surface area contributed by atoms with Crippen LogP contribution in [-0.2, 0) is 12.5 Å². The summed E-state index contributed by atoms with van der Waals surface area (Å²) >= 11 is 0. The molecule has 1 aromatic heterocycles. The lowest BCUT2D eigenvalue weighted by molar-refractivity contribution is 0.589. The van der Waals surface area contributed by atoms with Crippen LogP contribution in [0.25, 0.3) is 0 Å². The topological polar surface area (TPSA) is 56.7 Å². The zero-order valence-electron chi connectivity index (χ0n) is 11.4. The summed E-state index contributed by atoms with van der Waals surface area (Å²) in [6.07, 6.45) is 1.71. The fraction of sp³-hybridized carbons (Fsp3) is 0.429. The van der Waals surface area contributed by atoms with Gasteiger partial charge in [0.1, 0.15) is 0 Å². The molecule has 2 rings (SSSR count). The summed E-state index contributed by atoms with van der Waals surface area (Å²) in [6, 6.07) is 8.26. The number of rotatable bonds is 2. The van der Waals surface area contributed by atoms with Crippen molar-refractivity contribution in [1.29, 1.82) is 0 Å². The molecule has 1 atom stereocenters. The van der Waals surface area contributed by atoms with Gasteiger partial charge in [-0.3, -0.25) is 4.68 Å². The van der Waals surface area contributed by atoms with E-state index in [0.717, 1.165) is 11.3 Å². The number of nitrogens with two attached hydrogens (primary N) is 1. The molecule has 0 amide bonds. The van der Waals surface area contributed by atoms with Gasteiger partial charge in [0, 0.05) is 7.05 Å². The second-order valence-corrected chi connectivity index (χ2v) is 5.63. The molecule has 1 aromatic carbocycles. The molecule has 96 valence electrons. The molecule has 0 bridgehead atoms. The van der Waals surface area contributed by atoms with Crippen molar-refractivity contribution in [2.24, 2.45) is 12.8 Å². The molecule has 1 heterocycles. The maximum atomic E-state index is 6.22. The van der Waals surface area contributed by atoms with Crippen molar-refractivity contribution in [3.63, 3.8) is 0 Å². The molecule has 4 nitrogen and oxygen atoms in total. The average Bonchev–Trinajstić information content (AvgIpc) is 2.73. The maximum Gasteiger partial charge on any atom is 0.0796 e. The molecule has 0 radical (unpaired) electrons. The van der Waals surface area contributed by atoms with E-state index in [1.807, 2.05) is 7.05 Å². The van der Waals surface area contributed by atoms with E-state index >= 15 is 0 Å². The molecule has 2 N–H and O–H groups in total. The Morgan fingerprint density at radius 1 is 1.17 bits per heavy atom. The quantitative estimate of drug-likeness (QED) is 0.880. The third-order valence-electron chi connectivity index (χ3n) is 3.20. The highest BCUT2D eigenvalue weighted by molar-refractivity contribution is 5.32. The van der Waals surface area contributed by atoms with Crippen LogP contribution in [0.15, 0.2) is 30.5 Å². The van der Waals surface area contributed by atoms with Gasteiger partial charge in [-0.25, -0.2) is 0 Å². The predicted molar refractivity (Wildman–Crippen MR) is 72.2 cm³/mol. The van der Waals surface area contributed by atoms with Gasteiger partial charge in [-0.2, -0.15) is 0 Å².